The molecular formula is C18H22N6O2S. The van der Waals surface area contributed by atoms with Gasteiger partial charge in [0.1, 0.15) is 0 Å². The molecule has 0 unspecified atom stereocenters. The maximum Gasteiger partial charge on any atom is 0.219 e. The summed E-state index contributed by atoms with van der Waals surface area (Å²) in [4.78, 5) is 20.7. The van der Waals surface area contributed by atoms with E-state index in [0.29, 0.717) is 24.6 Å². The van der Waals surface area contributed by atoms with Crippen LogP contribution in [0, 0.1) is 0 Å². The standard InChI is InChI=1S/C18H22N6O2S/c1-10-9-26-5-4-24(10)16-14-12(6-13(27-14)18(2,3)25)22-15(23-16)11-7-20-17(19)21-8-11/h6-8,10,25H,4-5,9H2,1-3H3,(H2,19,20,21)/t10-/m0/s1. The summed E-state index contributed by atoms with van der Waals surface area (Å²) in [5.74, 6) is 1.60. The van der Waals surface area contributed by atoms with E-state index >= 15 is 0 Å². The first-order valence-electron chi connectivity index (χ1n) is 8.79. The molecule has 1 atom stereocenters. The number of aliphatic hydroxyl groups is 1. The smallest absolute Gasteiger partial charge is 0.219 e. The zero-order chi connectivity index (χ0) is 19.2. The van der Waals surface area contributed by atoms with Crippen molar-refractivity contribution in [2.45, 2.75) is 32.4 Å². The minimum Gasteiger partial charge on any atom is -0.385 e. The van der Waals surface area contributed by atoms with Gasteiger partial charge in [-0.3, -0.25) is 0 Å². The SMILES string of the molecule is C[C@H]1COCCN1c1nc(-c2cnc(N)nc2)nc2cc(C(C)(C)O)sc12. The maximum absolute atomic E-state index is 10.5. The van der Waals surface area contributed by atoms with Crippen molar-refractivity contribution in [3.63, 3.8) is 0 Å². The average Bonchev–Trinajstić information content (AvgIpc) is 3.07. The van der Waals surface area contributed by atoms with Crippen LogP contribution in [0.2, 0.25) is 0 Å². The van der Waals surface area contributed by atoms with Crippen LogP contribution >= 0.6 is 11.3 Å². The van der Waals surface area contributed by atoms with Crippen LogP contribution in [0.25, 0.3) is 21.6 Å². The lowest BCUT2D eigenvalue weighted by Gasteiger charge is -2.34. The molecule has 1 aliphatic heterocycles. The van der Waals surface area contributed by atoms with E-state index in [9.17, 15) is 5.11 Å². The monoisotopic (exact) mass is 386 g/mol. The fourth-order valence-electron chi connectivity index (χ4n) is 3.04. The Hall–Kier alpha value is -2.36. The number of fused-ring (bicyclic) bond motifs is 1. The van der Waals surface area contributed by atoms with Crippen molar-refractivity contribution in [2.75, 3.05) is 30.4 Å². The third-order valence-corrected chi connectivity index (χ3v) is 5.96. The summed E-state index contributed by atoms with van der Waals surface area (Å²) in [6.45, 7) is 7.72. The second-order valence-corrected chi connectivity index (χ2v) is 8.25. The molecule has 8 nitrogen and oxygen atoms in total. The van der Waals surface area contributed by atoms with Crippen LogP contribution in [-0.4, -0.2) is 50.8 Å². The Morgan fingerprint density at radius 1 is 1.30 bits per heavy atom. The molecule has 1 aliphatic rings. The van der Waals surface area contributed by atoms with Crippen LogP contribution in [0.1, 0.15) is 25.6 Å². The number of hydrogen-bond donors (Lipinski definition) is 2. The highest BCUT2D eigenvalue weighted by molar-refractivity contribution is 7.19. The van der Waals surface area contributed by atoms with Crippen LogP contribution in [-0.2, 0) is 10.3 Å². The Morgan fingerprint density at radius 2 is 2.04 bits per heavy atom. The predicted molar refractivity (Wildman–Crippen MR) is 106 cm³/mol. The summed E-state index contributed by atoms with van der Waals surface area (Å²) in [6, 6.07) is 2.12. The molecule has 9 heteroatoms. The predicted octanol–water partition coefficient (Wildman–Crippen LogP) is 2.18. The van der Waals surface area contributed by atoms with Crippen molar-refractivity contribution in [3.05, 3.63) is 23.3 Å². The summed E-state index contributed by atoms with van der Waals surface area (Å²) in [7, 11) is 0. The maximum atomic E-state index is 10.5. The summed E-state index contributed by atoms with van der Waals surface area (Å²) < 4.78 is 6.54. The number of nitrogens with zero attached hydrogens (tertiary/aromatic N) is 5. The Morgan fingerprint density at radius 3 is 2.70 bits per heavy atom. The molecule has 0 amide bonds. The summed E-state index contributed by atoms with van der Waals surface area (Å²) in [6.07, 6.45) is 3.25. The van der Waals surface area contributed by atoms with Crippen LogP contribution in [0.5, 0.6) is 0 Å². The number of aromatic nitrogens is 4. The van der Waals surface area contributed by atoms with Gasteiger partial charge in [0.2, 0.25) is 5.95 Å². The van der Waals surface area contributed by atoms with Gasteiger partial charge < -0.3 is 20.5 Å². The van der Waals surface area contributed by atoms with Gasteiger partial charge in [0.05, 0.1) is 40.6 Å². The van der Waals surface area contributed by atoms with Gasteiger partial charge in [-0.15, -0.1) is 11.3 Å². The molecule has 0 radical (unpaired) electrons. The average molecular weight is 386 g/mol. The molecule has 4 heterocycles. The lowest BCUT2D eigenvalue weighted by Crippen LogP contribution is -2.44. The van der Waals surface area contributed by atoms with E-state index in [1.165, 1.54) is 11.3 Å². The van der Waals surface area contributed by atoms with Crippen molar-refractivity contribution < 1.29 is 9.84 Å². The fraction of sp³-hybridized carbons (Fsp3) is 0.444. The minimum atomic E-state index is -0.941. The number of thiophene rings is 1. The number of anilines is 2. The molecule has 0 bridgehead atoms. The molecule has 4 rings (SSSR count). The Kier molecular flexibility index (Phi) is 4.45. The molecule has 3 aromatic heterocycles. The zero-order valence-electron chi connectivity index (χ0n) is 15.5. The van der Waals surface area contributed by atoms with Crippen LogP contribution in [0.4, 0.5) is 11.8 Å². The second-order valence-electron chi connectivity index (χ2n) is 7.20. The van der Waals surface area contributed by atoms with Gasteiger partial charge in [0.15, 0.2) is 11.6 Å². The van der Waals surface area contributed by atoms with Crippen molar-refractivity contribution in [2.24, 2.45) is 0 Å². The molecule has 1 fully saturated rings. The fourth-order valence-corrected chi connectivity index (χ4v) is 4.14. The van der Waals surface area contributed by atoms with Gasteiger partial charge in [-0.2, -0.15) is 0 Å². The quantitative estimate of drug-likeness (QED) is 0.705. The van der Waals surface area contributed by atoms with Gasteiger partial charge in [-0.25, -0.2) is 19.9 Å². The third kappa shape index (κ3) is 3.45. The van der Waals surface area contributed by atoms with Crippen molar-refractivity contribution in [1.29, 1.82) is 0 Å². The molecule has 3 N–H and O–H groups in total. The summed E-state index contributed by atoms with van der Waals surface area (Å²) >= 11 is 1.52. The van der Waals surface area contributed by atoms with E-state index in [0.717, 1.165) is 27.5 Å². The lowest BCUT2D eigenvalue weighted by molar-refractivity contribution is 0.0826. The highest BCUT2D eigenvalue weighted by Gasteiger charge is 2.27. The van der Waals surface area contributed by atoms with Gasteiger partial charge >= 0.3 is 0 Å². The number of morpholine rings is 1. The van der Waals surface area contributed by atoms with E-state index in [1.54, 1.807) is 26.2 Å². The molecule has 142 valence electrons. The topological polar surface area (TPSA) is 110 Å². The normalized spacial score (nSPS) is 18.2. The van der Waals surface area contributed by atoms with Crippen molar-refractivity contribution >= 4 is 33.3 Å². The Bertz CT molecular complexity index is 966. The lowest BCUT2D eigenvalue weighted by atomic mass is 10.1. The van der Waals surface area contributed by atoms with E-state index < -0.39 is 5.60 Å². The summed E-state index contributed by atoms with van der Waals surface area (Å²) in [5.41, 5.74) is 6.16. The van der Waals surface area contributed by atoms with E-state index in [-0.39, 0.29) is 12.0 Å². The number of hydrogen-bond acceptors (Lipinski definition) is 9. The first-order chi connectivity index (χ1) is 12.8. The largest absolute Gasteiger partial charge is 0.385 e. The molecule has 0 aromatic carbocycles. The molecule has 0 spiro atoms. The van der Waals surface area contributed by atoms with E-state index in [1.807, 2.05) is 6.07 Å². The first kappa shape index (κ1) is 18.0. The third-order valence-electron chi connectivity index (χ3n) is 4.53. The Labute approximate surface area is 161 Å². The molecular weight excluding hydrogens is 364 g/mol. The Balaban J connectivity index is 1.91. The molecule has 0 aliphatic carbocycles. The minimum absolute atomic E-state index is 0.194. The van der Waals surface area contributed by atoms with Gasteiger partial charge in [-0.05, 0) is 26.8 Å². The van der Waals surface area contributed by atoms with Crippen LogP contribution in [0.15, 0.2) is 18.5 Å². The van der Waals surface area contributed by atoms with Gasteiger partial charge in [0.25, 0.3) is 0 Å². The summed E-state index contributed by atoms with van der Waals surface area (Å²) in [5, 5.41) is 10.5. The van der Waals surface area contributed by atoms with Crippen LogP contribution < -0.4 is 10.6 Å². The highest BCUT2D eigenvalue weighted by atomic mass is 32.1. The van der Waals surface area contributed by atoms with E-state index in [4.69, 9.17) is 20.4 Å². The second kappa shape index (κ2) is 6.66. The molecule has 1 saturated heterocycles. The van der Waals surface area contributed by atoms with Crippen molar-refractivity contribution in [1.82, 2.24) is 19.9 Å². The number of nitrogens with two attached hydrogens (primary N) is 1. The molecule has 27 heavy (non-hydrogen) atoms. The number of nitrogen functional groups attached to an aromatic ring is 1. The van der Waals surface area contributed by atoms with Crippen molar-refractivity contribution in [3.8, 4) is 11.4 Å². The molecule has 3 aromatic rings. The highest BCUT2D eigenvalue weighted by Crippen LogP contribution is 2.38. The van der Waals surface area contributed by atoms with E-state index in [2.05, 4.69) is 21.8 Å². The first-order valence-corrected chi connectivity index (χ1v) is 9.61. The van der Waals surface area contributed by atoms with Crippen LogP contribution in [0.3, 0.4) is 0 Å². The number of ether oxygens (including phenoxy) is 1. The zero-order valence-corrected chi connectivity index (χ0v) is 16.3. The number of rotatable bonds is 3. The molecule has 0 saturated carbocycles. The van der Waals surface area contributed by atoms with Gasteiger partial charge in [0, 0.05) is 23.8 Å². The van der Waals surface area contributed by atoms with Gasteiger partial charge in [-0.1, -0.05) is 0 Å².